The Hall–Kier alpha value is -1.45. The first-order valence-electron chi connectivity index (χ1n) is 2.58. The number of esters is 1. The minimum atomic E-state index is -0.637. The van der Waals surface area contributed by atoms with E-state index in [9.17, 15) is 9.90 Å². The molecule has 0 spiro atoms. The van der Waals surface area contributed by atoms with Gasteiger partial charge in [0.1, 0.15) is 6.26 Å². The number of ether oxygens (including phenoxy) is 1. The fourth-order valence-electron chi connectivity index (χ4n) is 0.526. The fourth-order valence-corrected chi connectivity index (χ4v) is 0.526. The Labute approximate surface area is 57.0 Å². The number of hydrogen-bond acceptors (Lipinski definition) is 3. The molecule has 0 aliphatic rings. The first kappa shape index (κ1) is 6.67. The summed E-state index contributed by atoms with van der Waals surface area (Å²) in [6, 6.07) is 1.08. The van der Waals surface area contributed by atoms with Crippen molar-refractivity contribution in [2.75, 3.05) is 7.11 Å². The molecule has 0 N–H and O–H groups in total. The molecule has 0 amide bonds. The molecule has 0 unspecified atom stereocenters. The second-order valence-corrected chi connectivity index (χ2v) is 1.64. The number of carbonyl (C=O) groups is 1. The maximum Gasteiger partial charge on any atom is 0.374 e. The molecule has 0 atom stereocenters. The first-order valence-corrected chi connectivity index (χ1v) is 2.58. The Balaban J connectivity index is 2.85. The summed E-state index contributed by atoms with van der Waals surface area (Å²) in [5.74, 6) is -1.03. The highest BCUT2D eigenvalue weighted by Crippen LogP contribution is 2.14. The largest absolute Gasteiger partial charge is 0.463 e. The second-order valence-electron chi connectivity index (χ2n) is 1.64. The minimum absolute atomic E-state index is 0.0625. The van der Waals surface area contributed by atoms with Crippen molar-refractivity contribution in [1.29, 1.82) is 0 Å². The molecule has 53 valence electrons. The average molecular weight is 141 g/mol. The lowest BCUT2D eigenvalue weighted by atomic mass is 10.4. The van der Waals surface area contributed by atoms with Crippen LogP contribution in [0.4, 0.5) is 0 Å². The molecule has 0 saturated carbocycles. The molecule has 0 saturated heterocycles. The predicted molar refractivity (Wildman–Crippen MR) is 30.2 cm³/mol. The number of furan rings is 1. The molecule has 1 radical (unpaired) electrons. The highest BCUT2D eigenvalue weighted by Gasteiger charge is 2.10. The van der Waals surface area contributed by atoms with Gasteiger partial charge in [0.05, 0.1) is 7.11 Å². The molecule has 4 heteroatoms. The van der Waals surface area contributed by atoms with Gasteiger partial charge in [-0.1, -0.05) is 0 Å². The average Bonchev–Trinajstić information content (AvgIpc) is 2.34. The van der Waals surface area contributed by atoms with Crippen LogP contribution < -0.4 is 0 Å². The summed E-state index contributed by atoms with van der Waals surface area (Å²) in [6.07, 6.45) is 0.951. The molecule has 1 aromatic heterocycles. The van der Waals surface area contributed by atoms with Crippen LogP contribution in [0.25, 0.3) is 0 Å². The van der Waals surface area contributed by atoms with Gasteiger partial charge < -0.3 is 9.15 Å². The lowest BCUT2D eigenvalue weighted by Crippen LogP contribution is -1.97. The van der Waals surface area contributed by atoms with Crippen molar-refractivity contribution >= 4 is 5.97 Å². The van der Waals surface area contributed by atoms with Crippen LogP contribution in [0.15, 0.2) is 16.7 Å². The highest BCUT2D eigenvalue weighted by atomic mass is 16.5. The third kappa shape index (κ3) is 1.10. The number of methoxy groups -OCH3 is 1. The lowest BCUT2D eigenvalue weighted by molar-refractivity contribution is 0.0565. The van der Waals surface area contributed by atoms with Crippen LogP contribution in [0.1, 0.15) is 10.6 Å². The van der Waals surface area contributed by atoms with Crippen molar-refractivity contribution in [2.45, 2.75) is 0 Å². The Bertz CT molecular complexity index is 238. The van der Waals surface area contributed by atoms with Crippen LogP contribution in [0.5, 0.6) is 5.75 Å². The quantitative estimate of drug-likeness (QED) is 0.552. The minimum Gasteiger partial charge on any atom is -0.463 e. The zero-order valence-corrected chi connectivity index (χ0v) is 5.29. The molecule has 0 aromatic carbocycles. The normalized spacial score (nSPS) is 9.30. The standard InChI is InChI=1S/C6H5O4/c1-9-6(8)5-2-4(7)3-10-5/h2-3H,1H3. The van der Waals surface area contributed by atoms with Gasteiger partial charge in [0.2, 0.25) is 11.5 Å². The summed E-state index contributed by atoms with van der Waals surface area (Å²) in [5, 5.41) is 10.4. The monoisotopic (exact) mass is 141 g/mol. The summed E-state index contributed by atoms with van der Waals surface area (Å²) in [4.78, 5) is 10.6. The second kappa shape index (κ2) is 2.43. The molecule has 0 aliphatic heterocycles. The van der Waals surface area contributed by atoms with Gasteiger partial charge in [-0.2, -0.15) is 0 Å². The van der Waals surface area contributed by atoms with E-state index in [4.69, 9.17) is 0 Å². The molecular formula is C6H5O4. The molecule has 1 aromatic rings. The number of hydrogen-bond donors (Lipinski definition) is 0. The van der Waals surface area contributed by atoms with Gasteiger partial charge in [0, 0.05) is 6.07 Å². The summed E-state index contributed by atoms with van der Waals surface area (Å²) in [7, 11) is 1.22. The van der Waals surface area contributed by atoms with Crippen molar-refractivity contribution in [2.24, 2.45) is 0 Å². The maximum absolute atomic E-state index is 10.6. The van der Waals surface area contributed by atoms with Gasteiger partial charge in [0.15, 0.2) is 0 Å². The van der Waals surface area contributed by atoms with E-state index in [0.717, 1.165) is 12.3 Å². The molecule has 0 bridgehead atoms. The van der Waals surface area contributed by atoms with Crippen LogP contribution in [0, 0.1) is 0 Å². The van der Waals surface area contributed by atoms with Crippen LogP contribution in [-0.2, 0) is 9.84 Å². The predicted octanol–water partition coefficient (Wildman–Crippen LogP) is 1.21. The van der Waals surface area contributed by atoms with Gasteiger partial charge in [-0.15, -0.1) is 0 Å². The summed E-state index contributed by atoms with van der Waals surface area (Å²) < 4.78 is 8.81. The molecule has 0 fully saturated rings. The smallest absolute Gasteiger partial charge is 0.374 e. The van der Waals surface area contributed by atoms with Crippen LogP contribution in [-0.4, -0.2) is 13.1 Å². The summed E-state index contributed by atoms with van der Waals surface area (Å²) in [6.45, 7) is 0. The third-order valence-electron chi connectivity index (χ3n) is 0.962. The fraction of sp³-hybridized carbons (Fsp3) is 0.167. The van der Waals surface area contributed by atoms with Crippen molar-refractivity contribution in [3.8, 4) is 5.75 Å². The van der Waals surface area contributed by atoms with Gasteiger partial charge >= 0.3 is 5.97 Å². The van der Waals surface area contributed by atoms with Crippen molar-refractivity contribution in [3.05, 3.63) is 18.1 Å². The Morgan fingerprint density at radius 3 is 2.80 bits per heavy atom. The molecule has 0 aliphatic carbocycles. The van der Waals surface area contributed by atoms with Crippen LogP contribution in [0.2, 0.25) is 0 Å². The zero-order valence-electron chi connectivity index (χ0n) is 5.29. The van der Waals surface area contributed by atoms with E-state index in [1.807, 2.05) is 0 Å². The number of rotatable bonds is 1. The number of carbonyl (C=O) groups excluding carboxylic acids is 1. The Kier molecular flexibility index (Phi) is 1.62. The maximum atomic E-state index is 10.6. The van der Waals surface area contributed by atoms with E-state index in [0.29, 0.717) is 0 Å². The van der Waals surface area contributed by atoms with E-state index in [2.05, 4.69) is 9.15 Å². The van der Waals surface area contributed by atoms with E-state index in [-0.39, 0.29) is 11.5 Å². The van der Waals surface area contributed by atoms with Crippen molar-refractivity contribution in [1.82, 2.24) is 0 Å². The lowest BCUT2D eigenvalue weighted by Gasteiger charge is -1.89. The van der Waals surface area contributed by atoms with Crippen molar-refractivity contribution < 1.29 is 19.1 Å². The van der Waals surface area contributed by atoms with E-state index in [1.165, 1.54) is 7.11 Å². The van der Waals surface area contributed by atoms with E-state index < -0.39 is 5.97 Å². The molecule has 10 heavy (non-hydrogen) atoms. The summed E-state index contributed by atoms with van der Waals surface area (Å²) in [5.41, 5.74) is 0. The van der Waals surface area contributed by atoms with Gasteiger partial charge in [-0.05, 0) is 0 Å². The zero-order chi connectivity index (χ0) is 7.56. The Morgan fingerprint density at radius 2 is 2.40 bits per heavy atom. The Morgan fingerprint density at radius 1 is 1.70 bits per heavy atom. The van der Waals surface area contributed by atoms with Crippen LogP contribution >= 0.6 is 0 Å². The molecule has 1 rings (SSSR count). The van der Waals surface area contributed by atoms with Gasteiger partial charge in [-0.3, -0.25) is 5.11 Å². The van der Waals surface area contributed by atoms with E-state index in [1.54, 1.807) is 0 Å². The molecule has 1 heterocycles. The third-order valence-corrected chi connectivity index (χ3v) is 0.962. The SMILES string of the molecule is COC(=O)c1cc([O])co1. The van der Waals surface area contributed by atoms with Crippen LogP contribution in [0.3, 0.4) is 0 Å². The van der Waals surface area contributed by atoms with Crippen molar-refractivity contribution in [3.63, 3.8) is 0 Å². The van der Waals surface area contributed by atoms with Gasteiger partial charge in [0.25, 0.3) is 0 Å². The topological polar surface area (TPSA) is 59.3 Å². The highest BCUT2D eigenvalue weighted by molar-refractivity contribution is 5.86. The first-order chi connectivity index (χ1) is 4.74. The van der Waals surface area contributed by atoms with Gasteiger partial charge in [-0.25, -0.2) is 4.79 Å². The molecule has 4 nitrogen and oxygen atoms in total. The summed E-state index contributed by atoms with van der Waals surface area (Å²) >= 11 is 0. The van der Waals surface area contributed by atoms with E-state index >= 15 is 0 Å². The molecular weight excluding hydrogens is 136 g/mol.